The monoisotopic (exact) mass is 253 g/mol. The Morgan fingerprint density at radius 1 is 1.33 bits per heavy atom. The first-order valence-corrected chi connectivity index (χ1v) is 6.98. The van der Waals surface area contributed by atoms with Crippen LogP contribution >= 0.6 is 0 Å². The number of rotatable bonds is 3. The molecular formula is C13H23N3O2. The molecule has 1 aliphatic carbocycles. The first-order chi connectivity index (χ1) is 8.70. The number of carbonyl (C=O) groups excluding carboxylic acids is 2. The average Bonchev–Trinajstić information content (AvgIpc) is 2.39. The van der Waals surface area contributed by atoms with Crippen LogP contribution in [0.1, 0.15) is 38.5 Å². The Kier molecular flexibility index (Phi) is 4.58. The van der Waals surface area contributed by atoms with E-state index in [0.29, 0.717) is 25.4 Å². The summed E-state index contributed by atoms with van der Waals surface area (Å²) in [7, 11) is 0. The topological polar surface area (TPSA) is 84.2 Å². The summed E-state index contributed by atoms with van der Waals surface area (Å²) in [5, 5.41) is 5.86. The summed E-state index contributed by atoms with van der Waals surface area (Å²) in [4.78, 5) is 23.4. The van der Waals surface area contributed by atoms with E-state index in [1.807, 2.05) is 0 Å². The molecule has 2 fully saturated rings. The van der Waals surface area contributed by atoms with E-state index in [0.717, 1.165) is 25.7 Å². The van der Waals surface area contributed by atoms with Crippen molar-refractivity contribution in [3.8, 4) is 0 Å². The Labute approximate surface area is 108 Å². The van der Waals surface area contributed by atoms with Gasteiger partial charge in [0.1, 0.15) is 0 Å². The molecule has 18 heavy (non-hydrogen) atoms. The largest absolute Gasteiger partial charge is 0.356 e. The van der Waals surface area contributed by atoms with Crippen LogP contribution in [0.4, 0.5) is 0 Å². The molecule has 1 heterocycles. The first kappa shape index (κ1) is 13.3. The van der Waals surface area contributed by atoms with E-state index in [-0.39, 0.29) is 23.8 Å². The van der Waals surface area contributed by atoms with Crippen LogP contribution in [0.5, 0.6) is 0 Å². The van der Waals surface area contributed by atoms with Gasteiger partial charge >= 0.3 is 0 Å². The Hall–Kier alpha value is -1.10. The van der Waals surface area contributed by atoms with Gasteiger partial charge in [0.05, 0.1) is 0 Å². The normalized spacial score (nSPS) is 32.7. The third-order valence-corrected chi connectivity index (χ3v) is 4.16. The second-order valence-corrected chi connectivity index (χ2v) is 5.43. The van der Waals surface area contributed by atoms with Crippen molar-refractivity contribution in [1.29, 1.82) is 0 Å². The zero-order chi connectivity index (χ0) is 13.0. The van der Waals surface area contributed by atoms with Gasteiger partial charge in [0.15, 0.2) is 0 Å². The third-order valence-electron chi connectivity index (χ3n) is 4.16. The number of carbonyl (C=O) groups is 2. The second kappa shape index (κ2) is 6.18. The highest BCUT2D eigenvalue weighted by molar-refractivity contribution is 5.87. The molecule has 102 valence electrons. The minimum Gasteiger partial charge on any atom is -0.356 e. The lowest BCUT2D eigenvalue weighted by atomic mass is 9.84. The fourth-order valence-electron chi connectivity index (χ4n) is 2.99. The average molecular weight is 253 g/mol. The summed E-state index contributed by atoms with van der Waals surface area (Å²) in [5.41, 5.74) is 5.75. The molecule has 0 spiro atoms. The molecular weight excluding hydrogens is 230 g/mol. The third kappa shape index (κ3) is 3.22. The van der Waals surface area contributed by atoms with E-state index < -0.39 is 0 Å². The minimum absolute atomic E-state index is 0.0135. The maximum Gasteiger partial charge on any atom is 0.223 e. The van der Waals surface area contributed by atoms with E-state index in [1.165, 1.54) is 6.42 Å². The molecule has 1 saturated carbocycles. The number of amides is 2. The van der Waals surface area contributed by atoms with Gasteiger partial charge in [-0.05, 0) is 31.7 Å². The van der Waals surface area contributed by atoms with Gasteiger partial charge in [0.2, 0.25) is 11.8 Å². The Bertz CT molecular complexity index is 319. The lowest BCUT2D eigenvalue weighted by molar-refractivity contribution is -0.133. The van der Waals surface area contributed by atoms with Gasteiger partial charge in [-0.1, -0.05) is 12.8 Å². The van der Waals surface area contributed by atoms with Crippen LogP contribution in [0.25, 0.3) is 0 Å². The standard InChI is InChI=1S/C13H23N3O2/c14-8-10-3-1-2-4-11(10)16-13(18)9-5-6-15-12(17)7-9/h9-11H,1-8,14H2,(H,15,17)(H,16,18). The highest BCUT2D eigenvalue weighted by Gasteiger charge is 2.30. The van der Waals surface area contributed by atoms with E-state index in [4.69, 9.17) is 5.73 Å². The maximum absolute atomic E-state index is 12.1. The van der Waals surface area contributed by atoms with E-state index in [2.05, 4.69) is 10.6 Å². The number of nitrogens with two attached hydrogens (primary N) is 1. The van der Waals surface area contributed by atoms with Gasteiger partial charge in [-0.3, -0.25) is 9.59 Å². The van der Waals surface area contributed by atoms with Crippen LogP contribution in [0.15, 0.2) is 0 Å². The molecule has 0 radical (unpaired) electrons. The van der Waals surface area contributed by atoms with E-state index >= 15 is 0 Å². The molecule has 0 aromatic heterocycles. The van der Waals surface area contributed by atoms with Gasteiger partial charge in [0, 0.05) is 24.9 Å². The zero-order valence-electron chi connectivity index (χ0n) is 10.8. The molecule has 0 aromatic rings. The summed E-state index contributed by atoms with van der Waals surface area (Å²) in [6.45, 7) is 1.25. The van der Waals surface area contributed by atoms with Gasteiger partial charge < -0.3 is 16.4 Å². The quantitative estimate of drug-likeness (QED) is 0.669. The van der Waals surface area contributed by atoms with Crippen LogP contribution in [0.2, 0.25) is 0 Å². The predicted octanol–water partition coefficient (Wildman–Crippen LogP) is 0.146. The Morgan fingerprint density at radius 2 is 2.11 bits per heavy atom. The molecule has 0 bridgehead atoms. The van der Waals surface area contributed by atoms with Crippen molar-refractivity contribution in [2.75, 3.05) is 13.1 Å². The molecule has 5 nitrogen and oxygen atoms in total. The predicted molar refractivity (Wildman–Crippen MR) is 68.7 cm³/mol. The number of nitrogens with one attached hydrogen (secondary N) is 2. The Balaban J connectivity index is 1.87. The molecule has 1 aliphatic heterocycles. The highest BCUT2D eigenvalue weighted by Crippen LogP contribution is 2.24. The maximum atomic E-state index is 12.1. The molecule has 2 aliphatic rings. The van der Waals surface area contributed by atoms with Crippen LogP contribution in [-0.4, -0.2) is 30.9 Å². The van der Waals surface area contributed by atoms with Crippen molar-refractivity contribution >= 4 is 11.8 Å². The van der Waals surface area contributed by atoms with E-state index in [9.17, 15) is 9.59 Å². The Morgan fingerprint density at radius 3 is 2.83 bits per heavy atom. The van der Waals surface area contributed by atoms with Gasteiger partial charge in [-0.2, -0.15) is 0 Å². The molecule has 3 unspecified atom stereocenters. The van der Waals surface area contributed by atoms with Crippen molar-refractivity contribution in [1.82, 2.24) is 10.6 Å². The molecule has 0 aromatic carbocycles. The van der Waals surface area contributed by atoms with Crippen molar-refractivity contribution < 1.29 is 9.59 Å². The minimum atomic E-state index is -0.154. The lowest BCUT2D eigenvalue weighted by Crippen LogP contribution is -2.49. The zero-order valence-corrected chi connectivity index (χ0v) is 10.8. The van der Waals surface area contributed by atoms with Gasteiger partial charge in [-0.25, -0.2) is 0 Å². The lowest BCUT2D eigenvalue weighted by Gasteiger charge is -2.33. The molecule has 2 amide bonds. The highest BCUT2D eigenvalue weighted by atomic mass is 16.2. The summed E-state index contributed by atoms with van der Waals surface area (Å²) < 4.78 is 0. The van der Waals surface area contributed by atoms with Crippen LogP contribution in [0.3, 0.4) is 0 Å². The van der Waals surface area contributed by atoms with Crippen LogP contribution in [-0.2, 0) is 9.59 Å². The van der Waals surface area contributed by atoms with Crippen LogP contribution in [0, 0.1) is 11.8 Å². The van der Waals surface area contributed by atoms with Crippen molar-refractivity contribution in [2.24, 2.45) is 17.6 Å². The number of piperidine rings is 1. The summed E-state index contributed by atoms with van der Waals surface area (Å²) >= 11 is 0. The number of hydrogen-bond acceptors (Lipinski definition) is 3. The van der Waals surface area contributed by atoms with Crippen molar-refractivity contribution in [3.05, 3.63) is 0 Å². The SMILES string of the molecule is NCC1CCCCC1NC(=O)C1CCNC(=O)C1. The summed E-state index contributed by atoms with van der Waals surface area (Å²) in [5.74, 6) is 0.273. The fourth-order valence-corrected chi connectivity index (χ4v) is 2.99. The number of hydrogen-bond donors (Lipinski definition) is 3. The van der Waals surface area contributed by atoms with Crippen molar-refractivity contribution in [2.45, 2.75) is 44.6 Å². The molecule has 3 atom stereocenters. The van der Waals surface area contributed by atoms with Gasteiger partial charge in [0.25, 0.3) is 0 Å². The summed E-state index contributed by atoms with van der Waals surface area (Å²) in [6.07, 6.45) is 5.56. The van der Waals surface area contributed by atoms with Crippen LogP contribution < -0.4 is 16.4 Å². The molecule has 1 saturated heterocycles. The van der Waals surface area contributed by atoms with E-state index in [1.54, 1.807) is 0 Å². The molecule has 4 N–H and O–H groups in total. The van der Waals surface area contributed by atoms with Crippen molar-refractivity contribution in [3.63, 3.8) is 0 Å². The summed E-state index contributed by atoms with van der Waals surface area (Å²) in [6, 6.07) is 0.209. The van der Waals surface area contributed by atoms with Gasteiger partial charge in [-0.15, -0.1) is 0 Å². The molecule has 2 rings (SSSR count). The first-order valence-electron chi connectivity index (χ1n) is 6.98. The molecule has 5 heteroatoms. The second-order valence-electron chi connectivity index (χ2n) is 5.43. The fraction of sp³-hybridized carbons (Fsp3) is 0.846. The smallest absolute Gasteiger partial charge is 0.223 e.